The summed E-state index contributed by atoms with van der Waals surface area (Å²) in [6, 6.07) is 12.7. The van der Waals surface area contributed by atoms with Gasteiger partial charge in [-0.3, -0.25) is 4.79 Å². The summed E-state index contributed by atoms with van der Waals surface area (Å²) in [6.45, 7) is 5.66. The highest BCUT2D eigenvalue weighted by atomic mass is 35.5. The van der Waals surface area contributed by atoms with Crippen molar-refractivity contribution >= 4 is 46.6 Å². The Kier molecular flexibility index (Phi) is 9.70. The second kappa shape index (κ2) is 12.5. The van der Waals surface area contributed by atoms with Gasteiger partial charge in [0.15, 0.2) is 0 Å². The van der Waals surface area contributed by atoms with Gasteiger partial charge in [-0.15, -0.1) is 0 Å². The monoisotopic (exact) mass is 520 g/mol. The summed E-state index contributed by atoms with van der Waals surface area (Å²) in [7, 11) is 0. The molecule has 0 spiro atoms. The normalized spacial score (nSPS) is 15.2. The van der Waals surface area contributed by atoms with Crippen molar-refractivity contribution in [3.63, 3.8) is 0 Å². The van der Waals surface area contributed by atoms with Crippen LogP contribution in [0.3, 0.4) is 0 Å². The zero-order valence-electron chi connectivity index (χ0n) is 20.5. The van der Waals surface area contributed by atoms with Gasteiger partial charge in [0.25, 0.3) is 0 Å². The lowest BCUT2D eigenvalue weighted by atomic mass is 9.85. The molecule has 1 atom stereocenters. The molecule has 3 rings (SSSR count). The van der Waals surface area contributed by atoms with Crippen molar-refractivity contribution in [2.45, 2.75) is 71.0 Å². The van der Waals surface area contributed by atoms with Crippen LogP contribution >= 0.6 is 23.2 Å². The van der Waals surface area contributed by atoms with Crippen LogP contribution < -0.4 is 10.6 Å². The largest absolute Gasteiger partial charge is 0.460 e. The second-order valence-electron chi connectivity index (χ2n) is 9.86. The number of para-hydroxylation sites is 2. The Morgan fingerprint density at radius 3 is 2.31 bits per heavy atom. The van der Waals surface area contributed by atoms with Crippen LogP contribution in [0.4, 0.5) is 16.2 Å². The molecule has 0 aliphatic heterocycles. The number of hydrogen-bond donors (Lipinski definition) is 2. The Labute approximate surface area is 217 Å². The number of halogens is 2. The van der Waals surface area contributed by atoms with Gasteiger partial charge < -0.3 is 20.1 Å². The summed E-state index contributed by atoms with van der Waals surface area (Å²) in [4.78, 5) is 25.2. The predicted molar refractivity (Wildman–Crippen MR) is 141 cm³/mol. The lowest BCUT2D eigenvalue weighted by Gasteiger charge is -2.30. The molecule has 0 saturated heterocycles. The highest BCUT2D eigenvalue weighted by molar-refractivity contribution is 6.39. The molecule has 2 aromatic rings. The zero-order chi connectivity index (χ0) is 25.4. The van der Waals surface area contributed by atoms with Crippen LogP contribution in [0.1, 0.15) is 58.4 Å². The molecular formula is C27H34Cl2N2O4. The van der Waals surface area contributed by atoms with E-state index in [9.17, 15) is 9.59 Å². The number of rotatable bonds is 8. The smallest absolute Gasteiger partial charge is 0.407 e. The highest BCUT2D eigenvalue weighted by Gasteiger charge is 2.28. The maximum atomic E-state index is 13.0. The summed E-state index contributed by atoms with van der Waals surface area (Å²) >= 11 is 12.6. The molecule has 190 valence electrons. The van der Waals surface area contributed by atoms with Gasteiger partial charge in [0, 0.05) is 5.69 Å². The van der Waals surface area contributed by atoms with Gasteiger partial charge in [0.05, 0.1) is 28.7 Å². The number of carbonyl (C=O) groups is 2. The predicted octanol–water partition coefficient (Wildman–Crippen LogP) is 7.30. The van der Waals surface area contributed by atoms with E-state index in [2.05, 4.69) is 10.6 Å². The SMILES string of the molecule is CC(C)(C)OC(=O)NCC(OC(=O)Cc1ccccc1Nc1c(Cl)cccc1Cl)C1CCCCC1. The number of amides is 1. The molecule has 0 aromatic heterocycles. The Balaban J connectivity index is 1.68. The molecule has 0 radical (unpaired) electrons. The van der Waals surface area contributed by atoms with Gasteiger partial charge in [-0.1, -0.05) is 66.7 Å². The molecule has 1 saturated carbocycles. The van der Waals surface area contributed by atoms with E-state index < -0.39 is 17.8 Å². The zero-order valence-corrected chi connectivity index (χ0v) is 22.0. The molecule has 8 heteroatoms. The quantitative estimate of drug-likeness (QED) is 0.357. The average molecular weight is 521 g/mol. The molecule has 1 amide bonds. The van der Waals surface area contributed by atoms with Crippen LogP contribution in [-0.4, -0.2) is 30.3 Å². The first-order valence-electron chi connectivity index (χ1n) is 12.1. The maximum Gasteiger partial charge on any atom is 0.407 e. The van der Waals surface area contributed by atoms with E-state index in [-0.39, 0.29) is 24.9 Å². The lowest BCUT2D eigenvalue weighted by molar-refractivity contribution is -0.151. The number of alkyl carbamates (subject to hydrolysis) is 1. The minimum atomic E-state index is -0.595. The van der Waals surface area contributed by atoms with Crippen LogP contribution in [0.25, 0.3) is 0 Å². The fourth-order valence-corrected chi connectivity index (χ4v) is 4.71. The fraction of sp³-hybridized carbons (Fsp3) is 0.481. The summed E-state index contributed by atoms with van der Waals surface area (Å²) in [6.07, 6.45) is 4.46. The van der Waals surface area contributed by atoms with Crippen molar-refractivity contribution < 1.29 is 19.1 Å². The molecule has 1 unspecified atom stereocenters. The van der Waals surface area contributed by atoms with Gasteiger partial charge in [0.2, 0.25) is 0 Å². The lowest BCUT2D eigenvalue weighted by Crippen LogP contribution is -2.42. The van der Waals surface area contributed by atoms with E-state index in [1.54, 1.807) is 18.2 Å². The Morgan fingerprint density at radius 2 is 1.66 bits per heavy atom. The first-order valence-corrected chi connectivity index (χ1v) is 12.8. The molecule has 1 aliphatic carbocycles. The topological polar surface area (TPSA) is 76.7 Å². The standard InChI is InChI=1S/C27H34Cl2N2O4/c1-27(2,3)35-26(33)30-17-23(18-10-5-4-6-11-18)34-24(32)16-19-12-7-8-15-22(19)31-25-20(28)13-9-14-21(25)29/h7-9,12-15,18,23,31H,4-6,10-11,16-17H2,1-3H3,(H,30,33). The Hall–Kier alpha value is -2.44. The van der Waals surface area contributed by atoms with Crippen molar-refractivity contribution in [2.24, 2.45) is 5.92 Å². The average Bonchev–Trinajstić information content (AvgIpc) is 2.79. The molecule has 1 aliphatic rings. The number of benzene rings is 2. The van der Waals surface area contributed by atoms with E-state index in [1.807, 2.05) is 45.0 Å². The first-order chi connectivity index (χ1) is 16.6. The van der Waals surface area contributed by atoms with Gasteiger partial charge in [-0.25, -0.2) is 4.79 Å². The van der Waals surface area contributed by atoms with Crippen molar-refractivity contribution in [1.82, 2.24) is 5.32 Å². The van der Waals surface area contributed by atoms with Crippen LogP contribution in [0.5, 0.6) is 0 Å². The van der Waals surface area contributed by atoms with Crippen molar-refractivity contribution in [1.29, 1.82) is 0 Å². The van der Waals surface area contributed by atoms with E-state index >= 15 is 0 Å². The number of hydrogen-bond acceptors (Lipinski definition) is 5. The molecule has 35 heavy (non-hydrogen) atoms. The van der Waals surface area contributed by atoms with Gasteiger partial charge >= 0.3 is 12.1 Å². The fourth-order valence-electron chi connectivity index (χ4n) is 4.22. The van der Waals surface area contributed by atoms with Crippen molar-refractivity contribution in [3.8, 4) is 0 Å². The molecule has 0 heterocycles. The van der Waals surface area contributed by atoms with Crippen molar-refractivity contribution in [2.75, 3.05) is 11.9 Å². The number of esters is 1. The number of ether oxygens (including phenoxy) is 2. The van der Waals surface area contributed by atoms with E-state index in [1.165, 1.54) is 6.42 Å². The minimum absolute atomic E-state index is 0.0703. The second-order valence-corrected chi connectivity index (χ2v) is 10.7. The first kappa shape index (κ1) is 27.2. The molecule has 1 fully saturated rings. The summed E-state index contributed by atoms with van der Waals surface area (Å²) < 4.78 is 11.3. The summed E-state index contributed by atoms with van der Waals surface area (Å²) in [5, 5.41) is 7.00. The number of anilines is 2. The molecular weight excluding hydrogens is 487 g/mol. The highest BCUT2D eigenvalue weighted by Crippen LogP contribution is 2.34. The van der Waals surface area contributed by atoms with Crippen LogP contribution in [0, 0.1) is 5.92 Å². The van der Waals surface area contributed by atoms with Crippen LogP contribution in [0.2, 0.25) is 10.0 Å². The third-order valence-corrected chi connectivity index (χ3v) is 6.51. The molecule has 0 bridgehead atoms. The summed E-state index contributed by atoms with van der Waals surface area (Å²) in [5.74, 6) is -0.149. The minimum Gasteiger partial charge on any atom is -0.460 e. The maximum absolute atomic E-state index is 13.0. The number of nitrogens with one attached hydrogen (secondary N) is 2. The Bertz CT molecular complexity index is 996. The van der Waals surface area contributed by atoms with Gasteiger partial charge in [-0.2, -0.15) is 0 Å². The van der Waals surface area contributed by atoms with Crippen LogP contribution in [-0.2, 0) is 20.7 Å². The molecule has 2 N–H and O–H groups in total. The third kappa shape index (κ3) is 8.62. The van der Waals surface area contributed by atoms with Crippen molar-refractivity contribution in [3.05, 3.63) is 58.1 Å². The molecule has 6 nitrogen and oxygen atoms in total. The van der Waals surface area contributed by atoms with E-state index in [0.717, 1.165) is 36.9 Å². The molecule has 2 aromatic carbocycles. The van der Waals surface area contributed by atoms with E-state index in [0.29, 0.717) is 15.7 Å². The van der Waals surface area contributed by atoms with E-state index in [4.69, 9.17) is 32.7 Å². The Morgan fingerprint density at radius 1 is 1.00 bits per heavy atom. The van der Waals surface area contributed by atoms with Gasteiger partial charge in [0.1, 0.15) is 11.7 Å². The van der Waals surface area contributed by atoms with Crippen LogP contribution in [0.15, 0.2) is 42.5 Å². The van der Waals surface area contributed by atoms with Gasteiger partial charge in [-0.05, 0) is 63.3 Å². The number of carbonyl (C=O) groups excluding carboxylic acids is 2. The summed E-state index contributed by atoms with van der Waals surface area (Å²) in [5.41, 5.74) is 1.47. The third-order valence-electron chi connectivity index (χ3n) is 5.88.